The molecule has 2 fully saturated rings. The van der Waals surface area contributed by atoms with E-state index in [4.69, 9.17) is 0 Å². The van der Waals surface area contributed by atoms with Crippen LogP contribution in [0.2, 0.25) is 0 Å². The van der Waals surface area contributed by atoms with Gasteiger partial charge < -0.3 is 9.80 Å². The van der Waals surface area contributed by atoms with Crippen molar-refractivity contribution in [3.8, 4) is 0 Å². The van der Waals surface area contributed by atoms with E-state index in [1.54, 1.807) is 10.4 Å². The van der Waals surface area contributed by atoms with Gasteiger partial charge in [-0.2, -0.15) is 4.31 Å². The molecular formula is C21H28N4O2S. The third kappa shape index (κ3) is 3.79. The standard InChI is InChI=1S/C21H28N4O2S/c1-23-12-14-25(15-13-23)28(26,27)19-8-9-20(22-16-19)24(2)17-21(10-11-21)18-6-4-3-5-7-18/h3-9,16H,10-15,17H2,1-2H3. The van der Waals surface area contributed by atoms with Gasteiger partial charge in [-0.3, -0.25) is 0 Å². The first-order valence-corrected chi connectivity index (χ1v) is 11.3. The number of pyridine rings is 1. The predicted molar refractivity (Wildman–Crippen MR) is 111 cm³/mol. The van der Waals surface area contributed by atoms with Crippen LogP contribution in [0.1, 0.15) is 18.4 Å². The van der Waals surface area contributed by atoms with E-state index in [-0.39, 0.29) is 10.3 Å². The van der Waals surface area contributed by atoms with E-state index in [0.717, 1.165) is 25.5 Å². The Bertz CT molecular complexity index is 903. The number of nitrogens with zero attached hydrogens (tertiary/aromatic N) is 4. The molecule has 7 heteroatoms. The third-order valence-corrected chi connectivity index (χ3v) is 7.87. The molecule has 1 saturated carbocycles. The van der Waals surface area contributed by atoms with E-state index in [1.165, 1.54) is 24.6 Å². The number of sulfonamides is 1. The summed E-state index contributed by atoms with van der Waals surface area (Å²) in [5.41, 5.74) is 1.57. The second-order valence-electron chi connectivity index (χ2n) is 8.06. The van der Waals surface area contributed by atoms with Crippen molar-refractivity contribution < 1.29 is 8.42 Å². The number of aromatic nitrogens is 1. The zero-order chi connectivity index (χ0) is 19.8. The summed E-state index contributed by atoms with van der Waals surface area (Å²) < 4.78 is 27.3. The van der Waals surface area contributed by atoms with Crippen LogP contribution in [-0.4, -0.2) is 69.4 Å². The Morgan fingerprint density at radius 2 is 1.71 bits per heavy atom. The highest BCUT2D eigenvalue weighted by Crippen LogP contribution is 2.48. The van der Waals surface area contributed by atoms with E-state index in [0.29, 0.717) is 13.1 Å². The second-order valence-corrected chi connectivity index (χ2v) is 10.00. The van der Waals surface area contributed by atoms with E-state index >= 15 is 0 Å². The van der Waals surface area contributed by atoms with Crippen LogP contribution < -0.4 is 4.90 Å². The minimum Gasteiger partial charge on any atom is -0.359 e. The molecule has 0 unspecified atom stereocenters. The fourth-order valence-corrected chi connectivity index (χ4v) is 5.31. The maximum atomic E-state index is 12.9. The van der Waals surface area contributed by atoms with Crippen LogP contribution in [0.3, 0.4) is 0 Å². The number of benzene rings is 1. The molecule has 6 nitrogen and oxygen atoms in total. The van der Waals surface area contributed by atoms with Crippen molar-refractivity contribution >= 4 is 15.8 Å². The van der Waals surface area contributed by atoms with Gasteiger partial charge in [0.05, 0.1) is 0 Å². The fourth-order valence-electron chi connectivity index (χ4n) is 3.94. The zero-order valence-corrected chi connectivity index (χ0v) is 17.4. The molecule has 1 aromatic heterocycles. The lowest BCUT2D eigenvalue weighted by molar-refractivity contribution is 0.222. The van der Waals surface area contributed by atoms with Gasteiger partial charge in [0, 0.05) is 51.4 Å². The minimum absolute atomic E-state index is 0.197. The Hall–Kier alpha value is -1.96. The summed E-state index contributed by atoms with van der Waals surface area (Å²) in [6, 6.07) is 14.1. The van der Waals surface area contributed by atoms with Crippen molar-refractivity contribution in [2.45, 2.75) is 23.2 Å². The minimum atomic E-state index is -3.47. The highest BCUT2D eigenvalue weighted by atomic mass is 32.2. The highest BCUT2D eigenvalue weighted by molar-refractivity contribution is 7.89. The van der Waals surface area contributed by atoms with Crippen molar-refractivity contribution in [2.75, 3.05) is 51.7 Å². The van der Waals surface area contributed by atoms with E-state index in [1.807, 2.05) is 26.2 Å². The molecule has 150 valence electrons. The molecule has 1 aliphatic heterocycles. The Labute approximate surface area is 167 Å². The topological polar surface area (TPSA) is 56.8 Å². The Morgan fingerprint density at radius 3 is 2.29 bits per heavy atom. The zero-order valence-electron chi connectivity index (χ0n) is 16.6. The van der Waals surface area contributed by atoms with Crippen LogP contribution in [0.25, 0.3) is 0 Å². The van der Waals surface area contributed by atoms with Gasteiger partial charge in [-0.05, 0) is 37.6 Å². The molecule has 1 aromatic carbocycles. The van der Waals surface area contributed by atoms with Crippen LogP contribution >= 0.6 is 0 Å². The predicted octanol–water partition coefficient (Wildman–Crippen LogP) is 2.19. The molecule has 0 radical (unpaired) electrons. The van der Waals surface area contributed by atoms with Crippen LogP contribution in [0.5, 0.6) is 0 Å². The quantitative estimate of drug-likeness (QED) is 0.744. The van der Waals surface area contributed by atoms with Gasteiger partial charge in [0.25, 0.3) is 0 Å². The summed E-state index contributed by atoms with van der Waals surface area (Å²) in [5, 5.41) is 0. The van der Waals surface area contributed by atoms with Crippen LogP contribution in [-0.2, 0) is 15.4 Å². The molecule has 2 aromatic rings. The SMILES string of the molecule is CN1CCN(S(=O)(=O)c2ccc(N(C)CC3(c4ccccc4)CC3)nc2)CC1. The van der Waals surface area contributed by atoms with Gasteiger partial charge in [-0.25, -0.2) is 13.4 Å². The first-order chi connectivity index (χ1) is 13.4. The Kier molecular flexibility index (Phi) is 5.16. The summed E-state index contributed by atoms with van der Waals surface area (Å²) in [7, 11) is 0.572. The summed E-state index contributed by atoms with van der Waals surface area (Å²) in [5.74, 6) is 0.805. The Balaban J connectivity index is 1.46. The fraction of sp³-hybridized carbons (Fsp3) is 0.476. The molecule has 0 N–H and O–H groups in total. The number of likely N-dealkylation sites (N-methyl/N-ethyl adjacent to an activating group) is 2. The number of hydrogen-bond acceptors (Lipinski definition) is 5. The molecule has 0 bridgehead atoms. The van der Waals surface area contributed by atoms with E-state index in [9.17, 15) is 8.42 Å². The average Bonchev–Trinajstić information content (AvgIpc) is 3.50. The molecular weight excluding hydrogens is 372 g/mol. The average molecular weight is 401 g/mol. The van der Waals surface area contributed by atoms with Crippen molar-refractivity contribution in [1.82, 2.24) is 14.2 Å². The Morgan fingerprint density at radius 1 is 1.04 bits per heavy atom. The van der Waals surface area contributed by atoms with Gasteiger partial charge in [-0.1, -0.05) is 30.3 Å². The van der Waals surface area contributed by atoms with E-state index in [2.05, 4.69) is 39.0 Å². The van der Waals surface area contributed by atoms with Gasteiger partial charge in [-0.15, -0.1) is 0 Å². The largest absolute Gasteiger partial charge is 0.359 e. The van der Waals surface area contributed by atoms with Gasteiger partial charge in [0.15, 0.2) is 0 Å². The summed E-state index contributed by atoms with van der Waals surface area (Å²) in [4.78, 5) is 9.02. The lowest BCUT2D eigenvalue weighted by atomic mass is 9.95. The number of piperazine rings is 1. The molecule has 1 saturated heterocycles. The highest BCUT2D eigenvalue weighted by Gasteiger charge is 2.45. The third-order valence-electron chi connectivity index (χ3n) is 5.99. The smallest absolute Gasteiger partial charge is 0.244 e. The molecule has 2 aliphatic rings. The van der Waals surface area contributed by atoms with Crippen molar-refractivity contribution in [1.29, 1.82) is 0 Å². The maximum absolute atomic E-state index is 12.9. The van der Waals surface area contributed by atoms with Gasteiger partial charge >= 0.3 is 0 Å². The van der Waals surface area contributed by atoms with Crippen molar-refractivity contribution in [3.05, 3.63) is 54.2 Å². The van der Waals surface area contributed by atoms with E-state index < -0.39 is 10.0 Å². The normalized spacial score (nSPS) is 20.1. The lowest BCUT2D eigenvalue weighted by Crippen LogP contribution is -2.47. The molecule has 2 heterocycles. The molecule has 1 aliphatic carbocycles. The first kappa shape index (κ1) is 19.4. The van der Waals surface area contributed by atoms with Crippen LogP contribution in [0.15, 0.2) is 53.6 Å². The lowest BCUT2D eigenvalue weighted by Gasteiger charge is -2.31. The maximum Gasteiger partial charge on any atom is 0.244 e. The summed E-state index contributed by atoms with van der Waals surface area (Å²) in [6.07, 6.45) is 3.86. The van der Waals surface area contributed by atoms with Gasteiger partial charge in [0.2, 0.25) is 10.0 Å². The number of anilines is 1. The second kappa shape index (κ2) is 7.46. The summed E-state index contributed by atoms with van der Waals surface area (Å²) in [6.45, 7) is 3.46. The van der Waals surface area contributed by atoms with Crippen molar-refractivity contribution in [2.24, 2.45) is 0 Å². The molecule has 28 heavy (non-hydrogen) atoms. The van der Waals surface area contributed by atoms with Crippen LogP contribution in [0, 0.1) is 0 Å². The first-order valence-electron chi connectivity index (χ1n) is 9.82. The number of hydrogen-bond donors (Lipinski definition) is 0. The molecule has 0 atom stereocenters. The summed E-state index contributed by atoms with van der Waals surface area (Å²) >= 11 is 0. The monoisotopic (exact) mass is 400 g/mol. The van der Waals surface area contributed by atoms with Crippen LogP contribution in [0.4, 0.5) is 5.82 Å². The van der Waals surface area contributed by atoms with Gasteiger partial charge in [0.1, 0.15) is 10.7 Å². The number of rotatable bonds is 6. The molecule has 0 spiro atoms. The molecule has 4 rings (SSSR count). The molecule has 0 amide bonds. The van der Waals surface area contributed by atoms with Crippen molar-refractivity contribution in [3.63, 3.8) is 0 Å².